The molecule has 0 aliphatic heterocycles. The molecule has 0 fully saturated rings. The minimum atomic E-state index is -0.0179. The third-order valence-electron chi connectivity index (χ3n) is 4.05. The first-order chi connectivity index (χ1) is 11.5. The van der Waals surface area contributed by atoms with Crippen LogP contribution in [-0.2, 0) is 6.54 Å². The molecule has 1 unspecified atom stereocenters. The number of carbonyl (C=O) groups is 1. The van der Waals surface area contributed by atoms with Gasteiger partial charge in [0.2, 0.25) is 0 Å². The molecule has 5 nitrogen and oxygen atoms in total. The molecule has 134 valence electrons. The zero-order valence-corrected chi connectivity index (χ0v) is 15.7. The Morgan fingerprint density at radius 1 is 1.33 bits per heavy atom. The molecule has 0 bridgehead atoms. The number of benzene rings is 1. The van der Waals surface area contributed by atoms with E-state index >= 15 is 0 Å². The highest BCUT2D eigenvalue weighted by Gasteiger charge is 2.10. The van der Waals surface area contributed by atoms with Gasteiger partial charge in [0.05, 0.1) is 0 Å². The van der Waals surface area contributed by atoms with E-state index < -0.39 is 0 Å². The molecule has 0 radical (unpaired) electrons. The fourth-order valence-corrected chi connectivity index (χ4v) is 2.30. The van der Waals surface area contributed by atoms with E-state index in [4.69, 9.17) is 0 Å². The number of aliphatic imine (C=N–C) groups is 1. The summed E-state index contributed by atoms with van der Waals surface area (Å²) < 4.78 is 0. The molecule has 5 heteroatoms. The van der Waals surface area contributed by atoms with Crippen LogP contribution in [0.1, 0.15) is 56.0 Å². The summed E-state index contributed by atoms with van der Waals surface area (Å²) in [6.07, 6.45) is 3.23. The maximum Gasteiger partial charge on any atom is 0.251 e. The van der Waals surface area contributed by atoms with Crippen LogP contribution in [0.15, 0.2) is 29.3 Å². The number of amides is 1. The molecule has 0 heterocycles. The lowest BCUT2D eigenvalue weighted by molar-refractivity contribution is 0.0939. The zero-order chi connectivity index (χ0) is 17.9. The van der Waals surface area contributed by atoms with Gasteiger partial charge in [-0.2, -0.15) is 0 Å². The molecule has 2 N–H and O–H groups in total. The monoisotopic (exact) mass is 332 g/mol. The van der Waals surface area contributed by atoms with Crippen LogP contribution in [0.5, 0.6) is 0 Å². The zero-order valence-electron chi connectivity index (χ0n) is 15.7. The lowest BCUT2D eigenvalue weighted by atomic mass is 10.1. The third-order valence-corrected chi connectivity index (χ3v) is 4.05. The smallest absolute Gasteiger partial charge is 0.251 e. The van der Waals surface area contributed by atoms with E-state index in [2.05, 4.69) is 34.4 Å². The highest BCUT2D eigenvalue weighted by Crippen LogP contribution is 2.06. The van der Waals surface area contributed by atoms with E-state index in [1.807, 2.05) is 38.2 Å². The molecule has 0 aliphatic rings. The van der Waals surface area contributed by atoms with Crippen molar-refractivity contribution in [3.63, 3.8) is 0 Å². The normalized spacial score (nSPS) is 12.6. The van der Waals surface area contributed by atoms with Crippen LogP contribution in [-0.4, -0.2) is 43.4 Å². The third kappa shape index (κ3) is 6.60. The van der Waals surface area contributed by atoms with Crippen LogP contribution in [0.3, 0.4) is 0 Å². The minimum absolute atomic E-state index is 0.0179. The molecule has 1 rings (SSSR count). The molecule has 0 aliphatic carbocycles. The Hall–Kier alpha value is -2.04. The van der Waals surface area contributed by atoms with E-state index in [-0.39, 0.29) is 11.9 Å². The van der Waals surface area contributed by atoms with E-state index in [1.54, 1.807) is 7.05 Å². The van der Waals surface area contributed by atoms with Crippen LogP contribution >= 0.6 is 0 Å². The molecule has 0 aromatic heterocycles. The van der Waals surface area contributed by atoms with Gasteiger partial charge in [-0.25, -0.2) is 0 Å². The average Bonchev–Trinajstić information content (AvgIpc) is 2.60. The average molecular weight is 332 g/mol. The number of nitrogens with one attached hydrogen (secondary N) is 2. The van der Waals surface area contributed by atoms with E-state index in [9.17, 15) is 4.79 Å². The molecule has 1 aromatic carbocycles. The topological polar surface area (TPSA) is 56.7 Å². The number of hydrogen-bond donors (Lipinski definition) is 2. The first-order valence-electron chi connectivity index (χ1n) is 8.83. The largest absolute Gasteiger partial charge is 0.352 e. The van der Waals surface area contributed by atoms with Crippen molar-refractivity contribution in [1.82, 2.24) is 15.5 Å². The summed E-state index contributed by atoms with van der Waals surface area (Å²) in [6, 6.07) is 7.91. The molecular weight excluding hydrogens is 300 g/mol. The van der Waals surface area contributed by atoms with Crippen LogP contribution in [0.2, 0.25) is 0 Å². The lowest BCUT2D eigenvalue weighted by Crippen LogP contribution is -2.39. The summed E-state index contributed by atoms with van der Waals surface area (Å²) in [5, 5.41) is 6.36. The van der Waals surface area contributed by atoms with Crippen molar-refractivity contribution in [2.24, 2.45) is 4.99 Å². The Kier molecular flexibility index (Phi) is 8.90. The lowest BCUT2D eigenvalue weighted by Gasteiger charge is -2.22. The van der Waals surface area contributed by atoms with Crippen LogP contribution in [0.25, 0.3) is 0 Å². The van der Waals surface area contributed by atoms with Gasteiger partial charge in [-0.1, -0.05) is 32.4 Å². The fraction of sp³-hybridized carbons (Fsp3) is 0.579. The van der Waals surface area contributed by atoms with Crippen LogP contribution in [0, 0.1) is 0 Å². The summed E-state index contributed by atoms with van der Waals surface area (Å²) in [6.45, 7) is 7.88. The van der Waals surface area contributed by atoms with Gasteiger partial charge in [0.1, 0.15) is 0 Å². The van der Waals surface area contributed by atoms with E-state index in [0.29, 0.717) is 12.1 Å². The number of nitrogens with zero attached hydrogens (tertiary/aromatic N) is 2. The van der Waals surface area contributed by atoms with Crippen molar-refractivity contribution in [2.45, 2.75) is 52.6 Å². The maximum absolute atomic E-state index is 12.2. The molecular formula is C19H32N4O. The SMILES string of the molecule is CCCCN(C)C(=NC)NCc1cccc(C(=O)NC(C)CC)c1. The molecule has 1 atom stereocenters. The maximum atomic E-state index is 12.2. The predicted molar refractivity (Wildman–Crippen MR) is 101 cm³/mol. The summed E-state index contributed by atoms with van der Waals surface area (Å²) in [5.74, 6) is 0.855. The number of unbranched alkanes of at least 4 members (excludes halogenated alkanes) is 1. The second-order valence-corrected chi connectivity index (χ2v) is 6.16. The molecule has 24 heavy (non-hydrogen) atoms. The Balaban J connectivity index is 2.65. The predicted octanol–water partition coefficient (Wildman–Crippen LogP) is 3.02. The summed E-state index contributed by atoms with van der Waals surface area (Å²) >= 11 is 0. The van der Waals surface area contributed by atoms with Gasteiger partial charge < -0.3 is 15.5 Å². The Morgan fingerprint density at radius 3 is 2.71 bits per heavy atom. The second-order valence-electron chi connectivity index (χ2n) is 6.16. The highest BCUT2D eigenvalue weighted by molar-refractivity contribution is 5.94. The van der Waals surface area contributed by atoms with Crippen molar-refractivity contribution < 1.29 is 4.79 Å². The first kappa shape index (κ1) is 20.0. The first-order valence-corrected chi connectivity index (χ1v) is 8.83. The Bertz CT molecular complexity index is 542. The number of hydrogen-bond acceptors (Lipinski definition) is 2. The fourth-order valence-electron chi connectivity index (χ4n) is 2.30. The Labute approximate surface area is 146 Å². The standard InChI is InChI=1S/C19H32N4O/c1-6-8-12-23(5)19(20-4)21-14-16-10-9-11-17(13-16)18(24)22-15(3)7-2/h9-11,13,15H,6-8,12,14H2,1-5H3,(H,20,21)(H,22,24). The van der Waals surface area contributed by atoms with Crippen LogP contribution in [0.4, 0.5) is 0 Å². The van der Waals surface area contributed by atoms with Crippen molar-refractivity contribution in [2.75, 3.05) is 20.6 Å². The van der Waals surface area contributed by atoms with Gasteiger partial charge in [0.15, 0.2) is 5.96 Å². The summed E-state index contributed by atoms with van der Waals surface area (Å²) in [5.41, 5.74) is 1.76. The molecule has 1 amide bonds. The summed E-state index contributed by atoms with van der Waals surface area (Å²) in [4.78, 5) is 18.7. The summed E-state index contributed by atoms with van der Waals surface area (Å²) in [7, 11) is 3.84. The molecule has 0 saturated carbocycles. The number of rotatable bonds is 8. The molecule has 0 spiro atoms. The number of guanidine groups is 1. The highest BCUT2D eigenvalue weighted by atomic mass is 16.1. The van der Waals surface area contributed by atoms with Crippen molar-refractivity contribution in [3.8, 4) is 0 Å². The van der Waals surface area contributed by atoms with Crippen molar-refractivity contribution in [3.05, 3.63) is 35.4 Å². The van der Waals surface area contributed by atoms with Crippen molar-refractivity contribution in [1.29, 1.82) is 0 Å². The molecule has 1 aromatic rings. The van der Waals surface area contributed by atoms with Gasteiger partial charge in [-0.15, -0.1) is 0 Å². The molecule has 0 saturated heterocycles. The minimum Gasteiger partial charge on any atom is -0.352 e. The van der Waals surface area contributed by atoms with Gasteiger partial charge in [0, 0.05) is 38.8 Å². The van der Waals surface area contributed by atoms with Gasteiger partial charge in [-0.05, 0) is 37.5 Å². The second kappa shape index (κ2) is 10.7. The van der Waals surface area contributed by atoms with Gasteiger partial charge in [0.25, 0.3) is 5.91 Å². The van der Waals surface area contributed by atoms with E-state index in [1.165, 1.54) is 0 Å². The van der Waals surface area contributed by atoms with Crippen molar-refractivity contribution >= 4 is 11.9 Å². The van der Waals surface area contributed by atoms with Crippen LogP contribution < -0.4 is 10.6 Å². The number of carbonyl (C=O) groups excluding carboxylic acids is 1. The van der Waals surface area contributed by atoms with E-state index in [0.717, 1.165) is 37.3 Å². The van der Waals surface area contributed by atoms with Gasteiger partial charge >= 0.3 is 0 Å². The quantitative estimate of drug-likeness (QED) is 0.568. The Morgan fingerprint density at radius 2 is 2.08 bits per heavy atom. The van der Waals surface area contributed by atoms with Gasteiger partial charge in [-0.3, -0.25) is 9.79 Å².